The fourth-order valence-corrected chi connectivity index (χ4v) is 4.75. The molecule has 0 radical (unpaired) electrons. The van der Waals surface area contributed by atoms with Crippen molar-refractivity contribution in [2.75, 3.05) is 6.61 Å². The number of fused-ring (bicyclic) bond motifs is 2. The molecule has 226 valence electrons. The van der Waals surface area contributed by atoms with Gasteiger partial charge in [-0.2, -0.15) is 0 Å². The molecule has 0 aliphatic heterocycles. The molecule has 0 fully saturated rings. The van der Waals surface area contributed by atoms with E-state index in [0.29, 0.717) is 5.56 Å². The first-order valence-corrected chi connectivity index (χ1v) is 13.4. The van der Waals surface area contributed by atoms with E-state index in [4.69, 9.17) is 10.8 Å². The van der Waals surface area contributed by atoms with Crippen LogP contribution in [-0.4, -0.2) is 85.7 Å². The van der Waals surface area contributed by atoms with Crippen molar-refractivity contribution >= 4 is 51.5 Å². The minimum Gasteiger partial charge on any atom is -0.481 e. The fourth-order valence-electron chi connectivity index (χ4n) is 4.75. The molecule has 4 rings (SSSR count). The molecule has 4 unspecified atom stereocenters. The van der Waals surface area contributed by atoms with Gasteiger partial charge in [0.25, 0.3) is 0 Å². The summed E-state index contributed by atoms with van der Waals surface area (Å²) < 4.78 is 0. The number of rotatable bonds is 14. The average molecular weight is 593 g/mol. The number of aromatic nitrogens is 2. The maximum Gasteiger partial charge on any atom is 0.326 e. The first kappa shape index (κ1) is 30.7. The zero-order valence-corrected chi connectivity index (χ0v) is 22.9. The second kappa shape index (κ2) is 13.6. The summed E-state index contributed by atoms with van der Waals surface area (Å²) in [5.41, 5.74) is 9.40. The van der Waals surface area contributed by atoms with E-state index in [1.807, 2.05) is 53.8 Å². The van der Waals surface area contributed by atoms with E-state index in [1.165, 1.54) is 0 Å². The number of carboxylic acids is 2. The van der Waals surface area contributed by atoms with Gasteiger partial charge in [0.15, 0.2) is 0 Å². The first-order chi connectivity index (χ1) is 20.6. The number of benzene rings is 2. The Morgan fingerprint density at radius 3 is 1.72 bits per heavy atom. The fraction of sp³-hybridized carbons (Fsp3) is 0.276. The van der Waals surface area contributed by atoms with E-state index in [-0.39, 0.29) is 12.8 Å². The molecule has 0 saturated heterocycles. The smallest absolute Gasteiger partial charge is 0.326 e. The Morgan fingerprint density at radius 2 is 1.19 bits per heavy atom. The molecule has 2 aromatic heterocycles. The molecule has 3 amide bonds. The molecule has 0 spiro atoms. The van der Waals surface area contributed by atoms with E-state index in [1.54, 1.807) is 12.4 Å². The van der Waals surface area contributed by atoms with Crippen LogP contribution in [-0.2, 0) is 36.8 Å². The largest absolute Gasteiger partial charge is 0.481 e. The van der Waals surface area contributed by atoms with Crippen LogP contribution in [0.25, 0.3) is 21.8 Å². The molecular weight excluding hydrogens is 560 g/mol. The van der Waals surface area contributed by atoms with E-state index < -0.39 is 66.9 Å². The lowest BCUT2D eigenvalue weighted by atomic mass is 10.0. The highest BCUT2D eigenvalue weighted by molar-refractivity contribution is 5.95. The Morgan fingerprint density at radius 1 is 0.698 bits per heavy atom. The van der Waals surface area contributed by atoms with Gasteiger partial charge in [0.1, 0.15) is 18.1 Å². The summed E-state index contributed by atoms with van der Waals surface area (Å²) in [6.07, 6.45) is 2.67. The van der Waals surface area contributed by atoms with Crippen LogP contribution in [0.4, 0.5) is 0 Å². The van der Waals surface area contributed by atoms with Crippen LogP contribution in [0.3, 0.4) is 0 Å². The molecule has 0 bridgehead atoms. The summed E-state index contributed by atoms with van der Waals surface area (Å²) in [5, 5.41) is 36.6. The third kappa shape index (κ3) is 7.55. The van der Waals surface area contributed by atoms with Crippen LogP contribution in [0.1, 0.15) is 17.5 Å². The van der Waals surface area contributed by atoms with E-state index in [0.717, 1.165) is 27.4 Å². The second-order valence-electron chi connectivity index (χ2n) is 10.0. The molecule has 2 aromatic carbocycles. The lowest BCUT2D eigenvalue weighted by Crippen LogP contribution is -2.58. The number of carbonyl (C=O) groups is 5. The summed E-state index contributed by atoms with van der Waals surface area (Å²) in [5.74, 6) is -5.67. The SMILES string of the molecule is NC(Cc1c[nH]c2ccccc12)C(=O)NC(Cc1c[nH]c2ccccc12)C(=O)NC(CO)C(=O)NC(CC(=O)O)C(=O)O. The highest BCUT2D eigenvalue weighted by atomic mass is 16.4. The van der Waals surface area contributed by atoms with Crippen LogP contribution < -0.4 is 21.7 Å². The van der Waals surface area contributed by atoms with Gasteiger partial charge in [0, 0.05) is 40.6 Å². The number of hydrogen-bond acceptors (Lipinski definition) is 7. The molecule has 43 heavy (non-hydrogen) atoms. The maximum absolute atomic E-state index is 13.4. The summed E-state index contributed by atoms with van der Waals surface area (Å²) in [6.45, 7) is -0.926. The van der Waals surface area contributed by atoms with Crippen molar-refractivity contribution in [3.05, 3.63) is 72.1 Å². The number of nitrogens with two attached hydrogens (primary N) is 1. The molecular formula is C29H32N6O8. The Balaban J connectivity index is 1.52. The molecule has 14 heteroatoms. The number of aliphatic hydroxyl groups excluding tert-OH is 1. The summed E-state index contributed by atoms with van der Waals surface area (Å²) in [7, 11) is 0. The van der Waals surface area contributed by atoms with Gasteiger partial charge in [-0.1, -0.05) is 36.4 Å². The first-order valence-electron chi connectivity index (χ1n) is 13.4. The zero-order chi connectivity index (χ0) is 31.1. The van der Waals surface area contributed by atoms with Crippen molar-refractivity contribution in [2.24, 2.45) is 5.73 Å². The number of H-pyrrole nitrogens is 2. The molecule has 4 atom stereocenters. The lowest BCUT2D eigenvalue weighted by Gasteiger charge is -2.24. The van der Waals surface area contributed by atoms with Crippen molar-refractivity contribution in [3.63, 3.8) is 0 Å². The van der Waals surface area contributed by atoms with Gasteiger partial charge in [-0.25, -0.2) is 4.79 Å². The Bertz CT molecular complexity index is 1650. The highest BCUT2D eigenvalue weighted by Crippen LogP contribution is 2.20. The quantitative estimate of drug-likeness (QED) is 0.0938. The van der Waals surface area contributed by atoms with Crippen LogP contribution in [0.15, 0.2) is 60.9 Å². The van der Waals surface area contributed by atoms with Gasteiger partial charge in [-0.05, 0) is 29.7 Å². The predicted molar refractivity (Wildman–Crippen MR) is 155 cm³/mol. The number of aliphatic hydroxyl groups is 1. The van der Waals surface area contributed by atoms with Gasteiger partial charge >= 0.3 is 11.9 Å². The van der Waals surface area contributed by atoms with Crippen molar-refractivity contribution in [2.45, 2.75) is 43.4 Å². The van der Waals surface area contributed by atoms with Crippen molar-refractivity contribution < 1.29 is 39.3 Å². The number of amides is 3. The van der Waals surface area contributed by atoms with Gasteiger partial charge in [0.05, 0.1) is 19.1 Å². The minimum absolute atomic E-state index is 0.0159. The normalized spacial score (nSPS) is 14.0. The van der Waals surface area contributed by atoms with Crippen LogP contribution in [0.2, 0.25) is 0 Å². The molecule has 2 heterocycles. The highest BCUT2D eigenvalue weighted by Gasteiger charge is 2.31. The number of hydrogen-bond donors (Lipinski definition) is 9. The van der Waals surface area contributed by atoms with Crippen LogP contribution in [0.5, 0.6) is 0 Å². The third-order valence-electron chi connectivity index (χ3n) is 6.99. The molecule has 14 nitrogen and oxygen atoms in total. The minimum atomic E-state index is -1.79. The third-order valence-corrected chi connectivity index (χ3v) is 6.99. The van der Waals surface area contributed by atoms with Gasteiger partial charge in [0.2, 0.25) is 17.7 Å². The summed E-state index contributed by atoms with van der Waals surface area (Å²) >= 11 is 0. The Labute approximate surface area is 244 Å². The van der Waals surface area contributed by atoms with Crippen LogP contribution >= 0.6 is 0 Å². The van der Waals surface area contributed by atoms with Crippen molar-refractivity contribution in [3.8, 4) is 0 Å². The number of carboxylic acid groups (broad SMARTS) is 2. The molecule has 0 aliphatic carbocycles. The van der Waals surface area contributed by atoms with Crippen molar-refractivity contribution in [1.82, 2.24) is 25.9 Å². The van der Waals surface area contributed by atoms with Gasteiger partial charge < -0.3 is 47.0 Å². The monoisotopic (exact) mass is 592 g/mol. The summed E-state index contributed by atoms with van der Waals surface area (Å²) in [6, 6.07) is 9.11. The van der Waals surface area contributed by atoms with Gasteiger partial charge in [-0.15, -0.1) is 0 Å². The standard InChI is InChI=1S/C29H32N6O8/c30-19(9-15-12-31-20-7-3-1-5-17(15)20)26(39)33-22(10-16-13-32-21-8-4-2-6-18(16)21)27(40)35-24(14-36)28(41)34-23(29(42)43)11-25(37)38/h1-8,12-13,19,22-24,31-32,36H,9-11,14,30H2,(H,33,39)(H,34,41)(H,35,40)(H,37,38)(H,42,43). The Kier molecular flexibility index (Phi) is 9.75. The number of aromatic amines is 2. The lowest BCUT2D eigenvalue weighted by molar-refractivity contribution is -0.147. The number of carbonyl (C=O) groups excluding carboxylic acids is 3. The summed E-state index contributed by atoms with van der Waals surface area (Å²) in [4.78, 5) is 67.9. The van der Waals surface area contributed by atoms with Crippen molar-refractivity contribution in [1.29, 1.82) is 0 Å². The number of nitrogens with one attached hydrogen (secondary N) is 5. The zero-order valence-electron chi connectivity index (χ0n) is 22.9. The average Bonchev–Trinajstić information content (AvgIpc) is 3.58. The molecule has 10 N–H and O–H groups in total. The topological polar surface area (TPSA) is 240 Å². The predicted octanol–water partition coefficient (Wildman–Crippen LogP) is -0.232. The van der Waals surface area contributed by atoms with Gasteiger partial charge in [-0.3, -0.25) is 19.2 Å². The van der Waals surface area contributed by atoms with E-state index in [2.05, 4.69) is 20.6 Å². The number of aliphatic carboxylic acids is 2. The maximum atomic E-state index is 13.4. The Hall–Kier alpha value is -5.21. The second-order valence-corrected chi connectivity index (χ2v) is 10.0. The molecule has 0 saturated carbocycles. The van der Waals surface area contributed by atoms with E-state index in [9.17, 15) is 34.2 Å². The van der Waals surface area contributed by atoms with E-state index >= 15 is 0 Å². The van der Waals surface area contributed by atoms with Crippen LogP contribution in [0, 0.1) is 0 Å². The molecule has 0 aliphatic rings. The molecule has 4 aromatic rings. The number of para-hydroxylation sites is 2.